The Balaban J connectivity index is 4.56. The monoisotopic (exact) mass is 764 g/mol. The van der Waals surface area contributed by atoms with Crippen molar-refractivity contribution in [3.63, 3.8) is 0 Å². The highest BCUT2D eigenvalue weighted by molar-refractivity contribution is 5.70. The summed E-state index contributed by atoms with van der Waals surface area (Å²) in [6.07, 6.45) is 49.8. The molecule has 0 rings (SSSR count). The summed E-state index contributed by atoms with van der Waals surface area (Å²) in [6.45, 7) is 4.33. The highest BCUT2D eigenvalue weighted by atomic mass is 16.6. The molecule has 0 amide bonds. The number of carboxylic acids is 1. The molecule has 0 heterocycles. The fourth-order valence-electron chi connectivity index (χ4n) is 5.17. The minimum Gasteiger partial charge on any atom is -0.544 e. The zero-order chi connectivity index (χ0) is 40.7. The Hall–Kier alpha value is -4.01. The number of nitrogens with zero attached hydrogens (tertiary/aromatic N) is 1. The highest BCUT2D eigenvalue weighted by Crippen LogP contribution is 2.11. The molecule has 0 aliphatic rings. The molecule has 0 aliphatic heterocycles. The van der Waals surface area contributed by atoms with E-state index >= 15 is 0 Å². The van der Waals surface area contributed by atoms with Gasteiger partial charge in [0.15, 0.2) is 6.10 Å². The number of quaternary nitrogens is 1. The van der Waals surface area contributed by atoms with Gasteiger partial charge in [-0.05, 0) is 51.4 Å². The summed E-state index contributed by atoms with van der Waals surface area (Å²) < 4.78 is 17.0. The molecule has 0 aromatic carbocycles. The first-order valence-corrected chi connectivity index (χ1v) is 20.5. The van der Waals surface area contributed by atoms with Gasteiger partial charge in [0.25, 0.3) is 0 Å². The maximum atomic E-state index is 12.6. The molecule has 8 nitrogen and oxygen atoms in total. The standard InChI is InChI=1S/C47H73NO7/c1-6-8-10-12-14-16-18-20-21-22-23-24-26-27-29-31-33-35-37-45(49)54-42-43(41-53-40-39-44(47(51)52)48(3,4)5)55-46(50)38-36-34-32-30-28-25-19-17-15-13-11-9-7-2/h9,11,13-25,28,30,32,43-44H,6-8,10,12,26-27,29,31,33-42H2,1-5H3/b11-9+,15-13+,16-14+,19-17+,20-18+,22-21+,24-23+,28-25+,32-30+. The smallest absolute Gasteiger partial charge is 0.306 e. The minimum absolute atomic E-state index is 0.00426. The van der Waals surface area contributed by atoms with Gasteiger partial charge in [0.1, 0.15) is 12.6 Å². The van der Waals surface area contributed by atoms with Crippen molar-refractivity contribution in [3.8, 4) is 0 Å². The second-order valence-electron chi connectivity index (χ2n) is 14.3. The SMILES string of the molecule is CC/C=C/C=C/C=C/C=C/C=C/CCCC(=O)OC(COCCC(C(=O)[O-])[N+](C)(C)C)COC(=O)CCCCCCC/C=C/C=C/C=C/C=C/CCCCC. The summed E-state index contributed by atoms with van der Waals surface area (Å²) in [6, 6.07) is -0.749. The molecule has 0 radical (unpaired) electrons. The molecule has 0 saturated heterocycles. The van der Waals surface area contributed by atoms with Crippen LogP contribution in [0.15, 0.2) is 109 Å². The summed E-state index contributed by atoms with van der Waals surface area (Å²) in [5, 5.41) is 11.6. The summed E-state index contributed by atoms with van der Waals surface area (Å²) in [7, 11) is 5.35. The van der Waals surface area contributed by atoms with Crippen LogP contribution in [-0.2, 0) is 28.6 Å². The summed E-state index contributed by atoms with van der Waals surface area (Å²) >= 11 is 0. The zero-order valence-corrected chi connectivity index (χ0v) is 34.8. The average Bonchev–Trinajstić information content (AvgIpc) is 3.14. The van der Waals surface area contributed by atoms with Crippen LogP contribution in [0.2, 0.25) is 0 Å². The summed E-state index contributed by atoms with van der Waals surface area (Å²) in [5.41, 5.74) is 0. The lowest BCUT2D eigenvalue weighted by Crippen LogP contribution is -2.55. The van der Waals surface area contributed by atoms with E-state index in [0.717, 1.165) is 51.4 Å². The van der Waals surface area contributed by atoms with E-state index in [1.807, 2.05) is 66.8 Å². The maximum absolute atomic E-state index is 12.6. The van der Waals surface area contributed by atoms with E-state index in [1.54, 1.807) is 21.1 Å². The van der Waals surface area contributed by atoms with Crippen LogP contribution in [0.1, 0.15) is 117 Å². The lowest BCUT2D eigenvalue weighted by atomic mass is 10.1. The largest absolute Gasteiger partial charge is 0.544 e. The molecule has 8 heteroatoms. The van der Waals surface area contributed by atoms with Gasteiger partial charge in [0.05, 0.1) is 40.3 Å². The fourth-order valence-corrected chi connectivity index (χ4v) is 5.17. The molecule has 0 spiro atoms. The number of allylic oxidation sites excluding steroid dienone is 18. The lowest BCUT2D eigenvalue weighted by molar-refractivity contribution is -0.889. The molecule has 0 bridgehead atoms. The van der Waals surface area contributed by atoms with Crippen molar-refractivity contribution < 1.29 is 38.2 Å². The van der Waals surface area contributed by atoms with Crippen LogP contribution < -0.4 is 5.11 Å². The van der Waals surface area contributed by atoms with Crippen LogP contribution in [0.25, 0.3) is 0 Å². The van der Waals surface area contributed by atoms with Crippen LogP contribution in [0.3, 0.4) is 0 Å². The van der Waals surface area contributed by atoms with Gasteiger partial charge in [-0.2, -0.15) is 0 Å². The van der Waals surface area contributed by atoms with E-state index in [2.05, 4.69) is 56.4 Å². The number of ether oxygens (including phenoxy) is 3. The predicted molar refractivity (Wildman–Crippen MR) is 226 cm³/mol. The molecule has 55 heavy (non-hydrogen) atoms. The van der Waals surface area contributed by atoms with E-state index < -0.39 is 24.1 Å². The van der Waals surface area contributed by atoms with Gasteiger partial charge in [-0.25, -0.2) is 0 Å². The molecule has 2 atom stereocenters. The van der Waals surface area contributed by atoms with Gasteiger partial charge in [-0.1, -0.05) is 155 Å². The summed E-state index contributed by atoms with van der Waals surface area (Å²) in [4.78, 5) is 36.7. The number of unbranched alkanes of at least 4 members (excludes halogenated alkanes) is 9. The Kier molecular flexibility index (Phi) is 34.2. The second kappa shape index (κ2) is 36.9. The number of likely N-dealkylation sites (N-methyl/N-ethyl adjacent to an activating group) is 1. The lowest BCUT2D eigenvalue weighted by Gasteiger charge is -2.34. The third-order valence-corrected chi connectivity index (χ3v) is 8.37. The van der Waals surface area contributed by atoms with Crippen molar-refractivity contribution in [2.45, 2.75) is 129 Å². The number of carboxylic acid groups (broad SMARTS) is 1. The molecular weight excluding hydrogens is 691 g/mol. The first kappa shape index (κ1) is 51.0. The van der Waals surface area contributed by atoms with Crippen LogP contribution in [0, 0.1) is 0 Å². The van der Waals surface area contributed by atoms with Crippen molar-refractivity contribution in [1.29, 1.82) is 0 Å². The van der Waals surface area contributed by atoms with Crippen molar-refractivity contribution in [3.05, 3.63) is 109 Å². The highest BCUT2D eigenvalue weighted by Gasteiger charge is 2.25. The van der Waals surface area contributed by atoms with Crippen molar-refractivity contribution in [1.82, 2.24) is 0 Å². The van der Waals surface area contributed by atoms with E-state index in [1.165, 1.54) is 19.3 Å². The Morgan fingerprint density at radius 2 is 1.04 bits per heavy atom. The number of rotatable bonds is 34. The quantitative estimate of drug-likeness (QED) is 0.0279. The first-order chi connectivity index (χ1) is 26.6. The van der Waals surface area contributed by atoms with E-state index in [0.29, 0.717) is 19.3 Å². The van der Waals surface area contributed by atoms with Gasteiger partial charge >= 0.3 is 11.9 Å². The topological polar surface area (TPSA) is 102 Å². The predicted octanol–water partition coefficient (Wildman–Crippen LogP) is 9.57. The molecule has 0 saturated carbocycles. The molecule has 0 N–H and O–H groups in total. The van der Waals surface area contributed by atoms with Gasteiger partial charge in [0.2, 0.25) is 0 Å². The third kappa shape index (κ3) is 35.4. The fraction of sp³-hybridized carbons (Fsp3) is 0.553. The average molecular weight is 764 g/mol. The maximum Gasteiger partial charge on any atom is 0.306 e. The van der Waals surface area contributed by atoms with E-state index in [9.17, 15) is 19.5 Å². The van der Waals surface area contributed by atoms with Gasteiger partial charge < -0.3 is 28.6 Å². The van der Waals surface area contributed by atoms with Gasteiger partial charge in [0, 0.05) is 19.3 Å². The number of esters is 2. The second-order valence-corrected chi connectivity index (χ2v) is 14.3. The van der Waals surface area contributed by atoms with Gasteiger partial charge in [-0.3, -0.25) is 9.59 Å². The number of carbonyl (C=O) groups is 3. The molecule has 0 fully saturated rings. The summed E-state index contributed by atoms with van der Waals surface area (Å²) in [5.74, 6) is -1.88. The van der Waals surface area contributed by atoms with Crippen LogP contribution in [-0.4, -0.2) is 75.5 Å². The molecule has 0 aromatic heterocycles. The number of carbonyl (C=O) groups excluding carboxylic acids is 3. The van der Waals surface area contributed by atoms with E-state index in [4.69, 9.17) is 14.2 Å². The van der Waals surface area contributed by atoms with Crippen LogP contribution in [0.4, 0.5) is 0 Å². The Labute approximate surface area is 334 Å². The normalized spacial score (nSPS) is 14.1. The molecular formula is C47H73NO7. The van der Waals surface area contributed by atoms with Crippen molar-refractivity contribution >= 4 is 17.9 Å². The van der Waals surface area contributed by atoms with Crippen LogP contribution >= 0.6 is 0 Å². The van der Waals surface area contributed by atoms with Crippen LogP contribution in [0.5, 0.6) is 0 Å². The van der Waals surface area contributed by atoms with Crippen molar-refractivity contribution in [2.24, 2.45) is 0 Å². The number of hydrogen-bond acceptors (Lipinski definition) is 7. The molecule has 308 valence electrons. The molecule has 0 aliphatic carbocycles. The Morgan fingerprint density at radius 1 is 0.564 bits per heavy atom. The van der Waals surface area contributed by atoms with Gasteiger partial charge in [-0.15, -0.1) is 0 Å². The Morgan fingerprint density at radius 3 is 1.56 bits per heavy atom. The third-order valence-electron chi connectivity index (χ3n) is 8.37. The Bertz CT molecular complexity index is 1260. The minimum atomic E-state index is -1.15. The number of aliphatic carboxylic acids is 1. The zero-order valence-electron chi connectivity index (χ0n) is 34.8. The van der Waals surface area contributed by atoms with E-state index in [-0.39, 0.29) is 43.1 Å². The number of hydrogen-bond donors (Lipinski definition) is 0. The molecule has 2 unspecified atom stereocenters. The van der Waals surface area contributed by atoms with Crippen molar-refractivity contribution in [2.75, 3.05) is 41.0 Å². The molecule has 0 aromatic rings. The first-order valence-electron chi connectivity index (χ1n) is 20.5.